The molecule has 0 radical (unpaired) electrons. The maximum atomic E-state index is 11.7. The summed E-state index contributed by atoms with van der Waals surface area (Å²) >= 11 is 0. The van der Waals surface area contributed by atoms with E-state index in [-0.39, 0.29) is 11.8 Å². The lowest BCUT2D eigenvalue weighted by Crippen LogP contribution is -2.49. The van der Waals surface area contributed by atoms with E-state index >= 15 is 0 Å². The van der Waals surface area contributed by atoms with Gasteiger partial charge in [-0.1, -0.05) is 20.3 Å². The van der Waals surface area contributed by atoms with E-state index in [0.29, 0.717) is 12.8 Å². The van der Waals surface area contributed by atoms with Crippen molar-refractivity contribution in [3.05, 3.63) is 0 Å². The number of hydrogen-bond donors (Lipinski definition) is 2. The molecule has 16 heavy (non-hydrogen) atoms. The molecule has 2 unspecified atom stereocenters. The molecule has 2 amide bonds. The van der Waals surface area contributed by atoms with Crippen molar-refractivity contribution in [3.8, 4) is 0 Å². The van der Waals surface area contributed by atoms with E-state index in [4.69, 9.17) is 5.73 Å². The number of carbonyl (C=O) groups is 2. The average Bonchev–Trinajstić information content (AvgIpc) is 2.47. The zero-order chi connectivity index (χ0) is 12.3. The lowest BCUT2D eigenvalue weighted by molar-refractivity contribution is -0.144. The van der Waals surface area contributed by atoms with Crippen LogP contribution in [0.3, 0.4) is 0 Å². The summed E-state index contributed by atoms with van der Waals surface area (Å²) in [5, 5.41) is 10.00. The van der Waals surface area contributed by atoms with Gasteiger partial charge >= 0.3 is 0 Å². The third-order valence-corrected chi connectivity index (χ3v) is 3.14. The third kappa shape index (κ3) is 2.35. The van der Waals surface area contributed by atoms with Crippen LogP contribution >= 0.6 is 0 Å². The van der Waals surface area contributed by atoms with Gasteiger partial charge in [0, 0.05) is 12.3 Å². The molecule has 5 nitrogen and oxygen atoms in total. The first-order valence-electron chi connectivity index (χ1n) is 5.81. The Morgan fingerprint density at radius 2 is 2.25 bits per heavy atom. The monoisotopic (exact) mass is 228 g/mol. The predicted octanol–water partition coefficient (Wildman–Crippen LogP) is 0.217. The highest BCUT2D eigenvalue weighted by Gasteiger charge is 2.42. The number of nitrogens with two attached hydrogens (primary N) is 1. The van der Waals surface area contributed by atoms with Crippen LogP contribution in [0.2, 0.25) is 0 Å². The smallest absolute Gasteiger partial charge is 0.240 e. The highest BCUT2D eigenvalue weighted by atomic mass is 16.3. The fourth-order valence-electron chi connectivity index (χ4n) is 2.32. The van der Waals surface area contributed by atoms with E-state index in [2.05, 4.69) is 0 Å². The van der Waals surface area contributed by atoms with Gasteiger partial charge in [0.25, 0.3) is 0 Å². The average molecular weight is 228 g/mol. The van der Waals surface area contributed by atoms with Gasteiger partial charge in [0.2, 0.25) is 11.8 Å². The van der Waals surface area contributed by atoms with Crippen molar-refractivity contribution in [2.24, 2.45) is 11.7 Å². The van der Waals surface area contributed by atoms with Crippen molar-refractivity contribution in [3.63, 3.8) is 0 Å². The summed E-state index contributed by atoms with van der Waals surface area (Å²) in [6, 6.07) is -0.677. The summed E-state index contributed by atoms with van der Waals surface area (Å²) in [6.07, 6.45) is 1.61. The zero-order valence-corrected chi connectivity index (χ0v) is 9.85. The maximum Gasteiger partial charge on any atom is 0.240 e. The molecule has 0 saturated carbocycles. The van der Waals surface area contributed by atoms with Crippen LogP contribution in [0.25, 0.3) is 0 Å². The normalized spacial score (nSPS) is 27.2. The Morgan fingerprint density at radius 3 is 2.69 bits per heavy atom. The Bertz CT molecular complexity index is 280. The number of aliphatic hydroxyl groups excluding tert-OH is 1. The minimum atomic E-state index is -0.857. The molecule has 1 heterocycles. The number of amides is 2. The van der Waals surface area contributed by atoms with Crippen LogP contribution < -0.4 is 5.73 Å². The Labute approximate surface area is 95.6 Å². The number of primary amides is 1. The van der Waals surface area contributed by atoms with Crippen LogP contribution in [0.15, 0.2) is 0 Å². The molecule has 0 spiro atoms. The van der Waals surface area contributed by atoms with Crippen LogP contribution in [0.4, 0.5) is 0 Å². The first-order chi connectivity index (χ1) is 7.52. The molecule has 0 aromatic rings. The fraction of sp³-hybridized carbons (Fsp3) is 0.818. The van der Waals surface area contributed by atoms with Crippen LogP contribution in [-0.2, 0) is 9.59 Å². The van der Waals surface area contributed by atoms with E-state index in [1.807, 2.05) is 6.92 Å². The molecule has 0 aromatic carbocycles. The Morgan fingerprint density at radius 1 is 1.62 bits per heavy atom. The predicted molar refractivity (Wildman–Crippen MR) is 59.1 cm³/mol. The van der Waals surface area contributed by atoms with Gasteiger partial charge in [-0.05, 0) is 12.8 Å². The summed E-state index contributed by atoms with van der Waals surface area (Å²) in [5.74, 6) is -0.783. The molecule has 3 N–H and O–H groups in total. The van der Waals surface area contributed by atoms with Crippen molar-refractivity contribution >= 4 is 11.8 Å². The number of nitrogens with zero attached hydrogens (tertiary/aromatic N) is 1. The van der Waals surface area contributed by atoms with Gasteiger partial charge in [0.05, 0.1) is 0 Å². The minimum Gasteiger partial charge on any atom is -0.373 e. The van der Waals surface area contributed by atoms with Gasteiger partial charge in [0.15, 0.2) is 0 Å². The molecular weight excluding hydrogens is 208 g/mol. The Kier molecular flexibility index (Phi) is 4.29. The molecule has 92 valence electrons. The second kappa shape index (κ2) is 5.30. The number of carbonyl (C=O) groups excluding carboxylic acids is 2. The van der Waals surface area contributed by atoms with E-state index in [1.165, 1.54) is 4.90 Å². The largest absolute Gasteiger partial charge is 0.373 e. The van der Waals surface area contributed by atoms with E-state index < -0.39 is 18.2 Å². The number of likely N-dealkylation sites (tertiary alicyclic amines) is 1. The van der Waals surface area contributed by atoms with E-state index in [9.17, 15) is 14.7 Å². The van der Waals surface area contributed by atoms with Crippen LogP contribution in [0.5, 0.6) is 0 Å². The summed E-state index contributed by atoms with van der Waals surface area (Å²) in [5.41, 5.74) is 5.23. The minimum absolute atomic E-state index is 0.0640. The summed E-state index contributed by atoms with van der Waals surface area (Å²) < 4.78 is 0. The van der Waals surface area contributed by atoms with E-state index in [1.54, 1.807) is 6.92 Å². The molecule has 0 aliphatic carbocycles. The standard InChI is InChI=1S/C11H20N2O3/c1-3-5-7-6-9(14)13(11(7)16)8(4-2)10(12)15/h7-8,11,16H,3-6H2,1-2H3,(H2,12,15)/t7?,8-,11?/m0/s1. The molecule has 3 atom stereocenters. The third-order valence-electron chi connectivity index (χ3n) is 3.14. The Balaban J connectivity index is 2.80. The van der Waals surface area contributed by atoms with E-state index in [0.717, 1.165) is 12.8 Å². The van der Waals surface area contributed by atoms with Crippen LogP contribution in [-0.4, -0.2) is 34.1 Å². The van der Waals surface area contributed by atoms with Crippen molar-refractivity contribution < 1.29 is 14.7 Å². The second-order valence-corrected chi connectivity index (χ2v) is 4.29. The molecular formula is C11H20N2O3. The zero-order valence-electron chi connectivity index (χ0n) is 9.85. The first-order valence-corrected chi connectivity index (χ1v) is 5.81. The lowest BCUT2D eigenvalue weighted by Gasteiger charge is -2.29. The Hall–Kier alpha value is -1.10. The summed E-state index contributed by atoms with van der Waals surface area (Å²) in [6.45, 7) is 3.79. The van der Waals surface area contributed by atoms with Crippen LogP contribution in [0, 0.1) is 5.92 Å². The van der Waals surface area contributed by atoms with Gasteiger partial charge in [-0.3, -0.25) is 9.59 Å². The fourth-order valence-corrected chi connectivity index (χ4v) is 2.32. The molecule has 0 aromatic heterocycles. The summed E-state index contributed by atoms with van der Waals surface area (Å²) in [4.78, 5) is 24.2. The number of hydrogen-bond acceptors (Lipinski definition) is 3. The first kappa shape index (κ1) is 13.0. The van der Waals surface area contributed by atoms with Crippen molar-refractivity contribution in [2.45, 2.75) is 51.8 Å². The topological polar surface area (TPSA) is 83.6 Å². The SMILES string of the molecule is CCCC1CC(=O)N([C@@H](CC)C(N)=O)C1O. The highest BCUT2D eigenvalue weighted by molar-refractivity contribution is 5.88. The molecule has 1 aliphatic heterocycles. The maximum absolute atomic E-state index is 11.7. The molecule has 1 fully saturated rings. The van der Waals surface area contributed by atoms with Crippen molar-refractivity contribution in [2.75, 3.05) is 0 Å². The van der Waals surface area contributed by atoms with Gasteiger partial charge in [0.1, 0.15) is 12.3 Å². The molecule has 1 rings (SSSR count). The van der Waals surface area contributed by atoms with Crippen molar-refractivity contribution in [1.29, 1.82) is 0 Å². The van der Waals surface area contributed by atoms with Crippen molar-refractivity contribution in [1.82, 2.24) is 4.90 Å². The lowest BCUT2D eigenvalue weighted by atomic mass is 10.0. The second-order valence-electron chi connectivity index (χ2n) is 4.29. The number of rotatable bonds is 5. The highest BCUT2D eigenvalue weighted by Crippen LogP contribution is 2.30. The molecule has 0 bridgehead atoms. The van der Waals surface area contributed by atoms with Gasteiger partial charge in [-0.2, -0.15) is 0 Å². The van der Waals surface area contributed by atoms with Gasteiger partial charge in [-0.25, -0.2) is 0 Å². The molecule has 1 aliphatic rings. The number of aliphatic hydroxyl groups is 1. The summed E-state index contributed by atoms with van der Waals surface area (Å²) in [7, 11) is 0. The quantitative estimate of drug-likeness (QED) is 0.706. The van der Waals surface area contributed by atoms with Gasteiger partial charge in [-0.15, -0.1) is 0 Å². The van der Waals surface area contributed by atoms with Gasteiger partial charge < -0.3 is 15.7 Å². The molecule has 1 saturated heterocycles. The molecule has 5 heteroatoms. The van der Waals surface area contributed by atoms with Crippen LogP contribution in [0.1, 0.15) is 39.5 Å².